The Morgan fingerprint density at radius 1 is 0.714 bits per heavy atom. The molecule has 0 amide bonds. The fourth-order valence-electron chi connectivity index (χ4n) is 2.56. The zero-order valence-electron chi connectivity index (χ0n) is 15.1. The Kier molecular flexibility index (Phi) is 11.9. The normalized spacial score (nSPS) is 12.9. The SMILES string of the molecule is CCO[Si](C)(C)CCCNCCC[Si](C)(OCC)OCC. The van der Waals surface area contributed by atoms with Crippen LogP contribution in [0.25, 0.3) is 0 Å². The average molecular weight is 336 g/mol. The Morgan fingerprint density at radius 2 is 1.19 bits per heavy atom. The fraction of sp³-hybridized carbons (Fsp3) is 1.00. The molecule has 0 aliphatic carbocycles. The fourth-order valence-corrected chi connectivity index (χ4v) is 6.92. The molecule has 1 N–H and O–H groups in total. The second kappa shape index (κ2) is 11.8. The topological polar surface area (TPSA) is 39.7 Å². The van der Waals surface area contributed by atoms with E-state index in [1.165, 1.54) is 12.5 Å². The van der Waals surface area contributed by atoms with Gasteiger partial charge < -0.3 is 18.6 Å². The first-order chi connectivity index (χ1) is 9.89. The van der Waals surface area contributed by atoms with Gasteiger partial charge in [-0.15, -0.1) is 0 Å². The van der Waals surface area contributed by atoms with E-state index in [2.05, 4.69) is 31.9 Å². The summed E-state index contributed by atoms with van der Waals surface area (Å²) in [5, 5.41) is 3.53. The highest BCUT2D eigenvalue weighted by atomic mass is 28.4. The Labute approximate surface area is 134 Å². The van der Waals surface area contributed by atoms with Crippen LogP contribution in [-0.2, 0) is 13.3 Å². The minimum absolute atomic E-state index is 0.757. The maximum absolute atomic E-state index is 5.85. The van der Waals surface area contributed by atoms with E-state index < -0.39 is 16.9 Å². The van der Waals surface area contributed by atoms with Crippen molar-refractivity contribution in [3.8, 4) is 0 Å². The molecule has 0 aliphatic heterocycles. The van der Waals surface area contributed by atoms with Crippen LogP contribution in [0.1, 0.15) is 33.6 Å². The summed E-state index contributed by atoms with van der Waals surface area (Å²) in [6, 6.07) is 2.30. The molecule has 0 aliphatic rings. The maximum atomic E-state index is 5.85. The predicted octanol–water partition coefficient (Wildman–Crippen LogP) is 3.74. The summed E-state index contributed by atoms with van der Waals surface area (Å²) in [5.74, 6) is 0. The third kappa shape index (κ3) is 11.5. The third-order valence-electron chi connectivity index (χ3n) is 3.55. The molecule has 0 rings (SSSR count). The standard InChI is InChI=1S/C15H37NO3Si2/c1-7-17-20(4,5)14-10-12-16-13-11-15-21(6,18-8-2)19-9-3/h16H,7-15H2,1-6H3. The molecule has 0 aromatic heterocycles. The minimum Gasteiger partial charge on any atom is -0.418 e. The summed E-state index contributed by atoms with van der Waals surface area (Å²) in [7, 11) is -3.31. The molecule has 0 radical (unpaired) electrons. The molecular formula is C15H37NO3Si2. The first kappa shape index (κ1) is 21.3. The van der Waals surface area contributed by atoms with Gasteiger partial charge in [-0.3, -0.25) is 0 Å². The molecular weight excluding hydrogens is 298 g/mol. The molecule has 0 aromatic rings. The van der Waals surface area contributed by atoms with E-state index in [0.717, 1.165) is 45.4 Å². The Hall–Kier alpha value is 0.274. The van der Waals surface area contributed by atoms with Crippen LogP contribution < -0.4 is 5.32 Å². The number of nitrogens with one attached hydrogen (secondary N) is 1. The molecule has 0 heterocycles. The molecule has 0 unspecified atom stereocenters. The van der Waals surface area contributed by atoms with Crippen molar-refractivity contribution >= 4 is 16.9 Å². The van der Waals surface area contributed by atoms with Crippen LogP contribution in [-0.4, -0.2) is 49.8 Å². The summed E-state index contributed by atoms with van der Waals surface area (Å²) in [4.78, 5) is 0. The largest absolute Gasteiger partial charge is 0.418 e. The van der Waals surface area contributed by atoms with Gasteiger partial charge in [0.05, 0.1) is 0 Å². The number of hydrogen-bond acceptors (Lipinski definition) is 4. The maximum Gasteiger partial charge on any atom is 0.334 e. The van der Waals surface area contributed by atoms with E-state index in [9.17, 15) is 0 Å². The molecule has 0 saturated carbocycles. The van der Waals surface area contributed by atoms with Gasteiger partial charge in [0.2, 0.25) is 0 Å². The molecule has 0 aromatic carbocycles. The van der Waals surface area contributed by atoms with Crippen molar-refractivity contribution in [1.29, 1.82) is 0 Å². The second-order valence-corrected chi connectivity index (χ2v) is 13.8. The van der Waals surface area contributed by atoms with Gasteiger partial charge >= 0.3 is 8.56 Å². The van der Waals surface area contributed by atoms with Crippen molar-refractivity contribution in [3.05, 3.63) is 0 Å². The molecule has 6 heteroatoms. The van der Waals surface area contributed by atoms with E-state index in [1.54, 1.807) is 0 Å². The first-order valence-corrected chi connectivity index (χ1v) is 14.2. The van der Waals surface area contributed by atoms with Gasteiger partial charge in [-0.25, -0.2) is 0 Å². The number of rotatable bonds is 14. The van der Waals surface area contributed by atoms with Crippen molar-refractivity contribution in [2.45, 2.75) is 65.3 Å². The summed E-state index contributed by atoms with van der Waals surface area (Å²) in [5.41, 5.74) is 0. The minimum atomic E-state index is -1.91. The Morgan fingerprint density at radius 3 is 1.67 bits per heavy atom. The van der Waals surface area contributed by atoms with Gasteiger partial charge in [0, 0.05) is 19.8 Å². The monoisotopic (exact) mass is 335 g/mol. The highest BCUT2D eigenvalue weighted by molar-refractivity contribution is 6.71. The highest BCUT2D eigenvalue weighted by Gasteiger charge is 2.29. The van der Waals surface area contributed by atoms with Crippen LogP contribution in [0.2, 0.25) is 31.7 Å². The van der Waals surface area contributed by atoms with Crippen molar-refractivity contribution in [1.82, 2.24) is 5.32 Å². The third-order valence-corrected chi connectivity index (χ3v) is 9.24. The lowest BCUT2D eigenvalue weighted by Crippen LogP contribution is -2.39. The van der Waals surface area contributed by atoms with Gasteiger partial charge in [0.1, 0.15) is 0 Å². The smallest absolute Gasteiger partial charge is 0.334 e. The van der Waals surface area contributed by atoms with Crippen molar-refractivity contribution in [3.63, 3.8) is 0 Å². The zero-order chi connectivity index (χ0) is 16.2. The molecule has 128 valence electrons. The van der Waals surface area contributed by atoms with E-state index in [0.29, 0.717) is 0 Å². The van der Waals surface area contributed by atoms with Gasteiger partial charge in [0.15, 0.2) is 8.32 Å². The molecule has 0 saturated heterocycles. The van der Waals surface area contributed by atoms with Gasteiger partial charge in [0.25, 0.3) is 0 Å². The van der Waals surface area contributed by atoms with Gasteiger partial charge in [-0.1, -0.05) is 0 Å². The number of hydrogen-bond donors (Lipinski definition) is 1. The predicted molar refractivity (Wildman–Crippen MR) is 95.7 cm³/mol. The summed E-state index contributed by atoms with van der Waals surface area (Å²) >= 11 is 0. The summed E-state index contributed by atoms with van der Waals surface area (Å²) < 4.78 is 17.5. The van der Waals surface area contributed by atoms with Crippen molar-refractivity contribution in [2.75, 3.05) is 32.9 Å². The van der Waals surface area contributed by atoms with E-state index in [1.807, 2.05) is 13.8 Å². The lowest BCUT2D eigenvalue weighted by Gasteiger charge is -2.26. The Bertz CT molecular complexity index is 247. The van der Waals surface area contributed by atoms with Crippen LogP contribution in [0.3, 0.4) is 0 Å². The first-order valence-electron chi connectivity index (χ1n) is 8.51. The quantitative estimate of drug-likeness (QED) is 0.388. The molecule has 21 heavy (non-hydrogen) atoms. The van der Waals surface area contributed by atoms with Crippen LogP contribution in [0.15, 0.2) is 0 Å². The average Bonchev–Trinajstić information content (AvgIpc) is 2.38. The van der Waals surface area contributed by atoms with E-state index >= 15 is 0 Å². The molecule has 0 bridgehead atoms. The lowest BCUT2D eigenvalue weighted by atomic mass is 10.4. The van der Waals surface area contributed by atoms with Gasteiger partial charge in [-0.05, 0) is 78.4 Å². The zero-order valence-corrected chi connectivity index (χ0v) is 17.1. The second-order valence-electron chi connectivity index (χ2n) is 6.15. The van der Waals surface area contributed by atoms with Crippen LogP contribution in [0, 0.1) is 0 Å². The van der Waals surface area contributed by atoms with Crippen LogP contribution >= 0.6 is 0 Å². The van der Waals surface area contributed by atoms with E-state index in [4.69, 9.17) is 13.3 Å². The van der Waals surface area contributed by atoms with Crippen molar-refractivity contribution in [2.24, 2.45) is 0 Å². The van der Waals surface area contributed by atoms with Crippen LogP contribution in [0.5, 0.6) is 0 Å². The summed E-state index contributed by atoms with van der Waals surface area (Å²) in [6.45, 7) is 17.5. The Balaban J connectivity index is 3.67. The summed E-state index contributed by atoms with van der Waals surface area (Å²) in [6.07, 6.45) is 2.35. The molecule has 4 nitrogen and oxygen atoms in total. The lowest BCUT2D eigenvalue weighted by molar-refractivity contribution is 0.188. The molecule has 0 atom stereocenters. The van der Waals surface area contributed by atoms with Gasteiger partial charge in [-0.2, -0.15) is 0 Å². The van der Waals surface area contributed by atoms with Crippen molar-refractivity contribution < 1.29 is 13.3 Å². The van der Waals surface area contributed by atoms with E-state index in [-0.39, 0.29) is 0 Å². The molecule has 0 spiro atoms. The highest BCUT2D eigenvalue weighted by Crippen LogP contribution is 2.15. The van der Waals surface area contributed by atoms with Crippen LogP contribution in [0.4, 0.5) is 0 Å². The molecule has 0 fully saturated rings.